The van der Waals surface area contributed by atoms with Gasteiger partial charge < -0.3 is 9.64 Å². The van der Waals surface area contributed by atoms with Crippen LogP contribution in [-0.4, -0.2) is 44.8 Å². The summed E-state index contributed by atoms with van der Waals surface area (Å²) in [6.45, 7) is -2.77. The van der Waals surface area contributed by atoms with Gasteiger partial charge in [0.05, 0.1) is 11.2 Å². The van der Waals surface area contributed by atoms with Crippen molar-refractivity contribution >= 4 is 27.5 Å². The molecule has 0 aromatic heterocycles. The molecule has 0 saturated heterocycles. The molecule has 2 aliphatic rings. The molecule has 41 heavy (non-hydrogen) atoms. The van der Waals surface area contributed by atoms with Crippen molar-refractivity contribution < 1.29 is 44.7 Å². The van der Waals surface area contributed by atoms with E-state index in [0.717, 1.165) is 0 Å². The number of sulfonamides is 1. The van der Waals surface area contributed by atoms with Crippen LogP contribution >= 0.6 is 0 Å². The van der Waals surface area contributed by atoms with Crippen LogP contribution in [0.3, 0.4) is 0 Å². The van der Waals surface area contributed by atoms with Crippen LogP contribution in [-0.2, 0) is 19.6 Å². The van der Waals surface area contributed by atoms with Crippen LogP contribution in [0.5, 0.6) is 5.75 Å². The maximum atomic E-state index is 13.3. The third kappa shape index (κ3) is 8.40. The first-order chi connectivity index (χ1) is 19.3. The van der Waals surface area contributed by atoms with Gasteiger partial charge in [-0.05, 0) is 73.9 Å². The predicted molar refractivity (Wildman–Crippen MR) is 142 cm³/mol. The van der Waals surface area contributed by atoms with Gasteiger partial charge in [-0.15, -0.1) is 0 Å². The number of carbonyl (C=O) groups excluding carboxylic acids is 2. The number of hydrogen-bond acceptors (Lipinski definition) is 5. The standard InChI is InChI=1S/C28H31F5N2O5S/c29-27(30)40-23-10-8-18(9-11-23)19-5-4-6-22(17-19)35(26(37)20-15-21(16-20)28(31,32)33)14-3-1-2-7-25(36)34-41(38,39)24-12-13-24/h4-6,8-11,17,20-21,24,27H,1-3,7,12-16H2,(H,34,36)/t20-,21-. The molecule has 0 radical (unpaired) electrons. The molecule has 2 fully saturated rings. The second-order valence-electron chi connectivity index (χ2n) is 10.4. The number of unbranched alkanes of at least 4 members (excludes halogenated alkanes) is 2. The molecular formula is C28H31F5N2O5S. The summed E-state index contributed by atoms with van der Waals surface area (Å²) in [5, 5.41) is -0.505. The molecule has 0 atom stereocenters. The molecule has 4 rings (SSSR count). The molecule has 0 unspecified atom stereocenters. The highest BCUT2D eigenvalue weighted by Gasteiger charge is 2.50. The molecule has 2 amide bonds. The van der Waals surface area contributed by atoms with Crippen molar-refractivity contribution in [3.8, 4) is 16.9 Å². The predicted octanol–water partition coefficient (Wildman–Crippen LogP) is 6.05. The minimum Gasteiger partial charge on any atom is -0.435 e. The Balaban J connectivity index is 1.40. The smallest absolute Gasteiger partial charge is 0.391 e. The van der Waals surface area contributed by atoms with Crippen molar-refractivity contribution in [3.05, 3.63) is 48.5 Å². The number of anilines is 1. The molecule has 1 N–H and O–H groups in total. The monoisotopic (exact) mass is 602 g/mol. The molecule has 7 nitrogen and oxygen atoms in total. The van der Waals surface area contributed by atoms with Gasteiger partial charge in [0, 0.05) is 24.6 Å². The molecule has 224 valence electrons. The lowest BCUT2D eigenvalue weighted by molar-refractivity contribution is -0.204. The van der Waals surface area contributed by atoms with E-state index < -0.39 is 51.7 Å². The minimum atomic E-state index is -4.35. The van der Waals surface area contributed by atoms with Gasteiger partial charge in [-0.3, -0.25) is 14.3 Å². The van der Waals surface area contributed by atoms with E-state index in [-0.39, 0.29) is 31.6 Å². The van der Waals surface area contributed by atoms with Gasteiger partial charge in [0.25, 0.3) is 0 Å². The number of halogens is 5. The molecule has 0 spiro atoms. The topological polar surface area (TPSA) is 92.8 Å². The number of benzene rings is 2. The fourth-order valence-corrected chi connectivity index (χ4v) is 6.10. The first-order valence-corrected chi connectivity index (χ1v) is 15.0. The number of ether oxygens (including phenoxy) is 1. The van der Waals surface area contributed by atoms with Crippen molar-refractivity contribution in [2.75, 3.05) is 11.4 Å². The van der Waals surface area contributed by atoms with Crippen LogP contribution in [0, 0.1) is 11.8 Å². The molecule has 2 saturated carbocycles. The summed E-state index contributed by atoms with van der Waals surface area (Å²) in [6.07, 6.45) is -2.53. The first-order valence-electron chi connectivity index (χ1n) is 13.4. The molecule has 2 aromatic rings. The Bertz CT molecular complexity index is 1320. The molecular weight excluding hydrogens is 571 g/mol. The second kappa shape index (κ2) is 12.7. The summed E-state index contributed by atoms with van der Waals surface area (Å²) >= 11 is 0. The normalized spacial score (nSPS) is 19.0. The number of carbonyl (C=O) groups is 2. The van der Waals surface area contributed by atoms with Crippen LogP contribution in [0.15, 0.2) is 48.5 Å². The Hall–Kier alpha value is -3.22. The van der Waals surface area contributed by atoms with E-state index in [2.05, 4.69) is 9.46 Å². The molecule has 2 aliphatic carbocycles. The zero-order chi connectivity index (χ0) is 29.8. The third-order valence-electron chi connectivity index (χ3n) is 7.29. The molecule has 0 aliphatic heterocycles. The minimum absolute atomic E-state index is 0.00343. The van der Waals surface area contributed by atoms with Crippen LogP contribution in [0.25, 0.3) is 11.1 Å². The van der Waals surface area contributed by atoms with Crippen LogP contribution < -0.4 is 14.4 Å². The lowest BCUT2D eigenvalue weighted by atomic mass is 9.73. The van der Waals surface area contributed by atoms with Crippen molar-refractivity contribution in [3.63, 3.8) is 0 Å². The van der Waals surface area contributed by atoms with E-state index >= 15 is 0 Å². The maximum absolute atomic E-state index is 13.3. The van der Waals surface area contributed by atoms with E-state index in [1.165, 1.54) is 17.0 Å². The number of alkyl halides is 5. The average Bonchev–Trinajstić information content (AvgIpc) is 3.71. The Kier molecular flexibility index (Phi) is 9.55. The highest BCUT2D eigenvalue weighted by atomic mass is 32.2. The van der Waals surface area contributed by atoms with Gasteiger partial charge in [-0.2, -0.15) is 22.0 Å². The third-order valence-corrected chi connectivity index (χ3v) is 9.15. The van der Waals surface area contributed by atoms with Gasteiger partial charge >= 0.3 is 12.8 Å². The summed E-state index contributed by atoms with van der Waals surface area (Å²) in [6, 6.07) is 12.8. The molecule has 0 bridgehead atoms. The van der Waals surface area contributed by atoms with Crippen LogP contribution in [0.1, 0.15) is 51.4 Å². The Labute approximate surface area is 235 Å². The number of amides is 2. The number of hydrogen-bond donors (Lipinski definition) is 1. The Morgan fingerprint density at radius 1 is 0.976 bits per heavy atom. The van der Waals surface area contributed by atoms with Gasteiger partial charge in [0.1, 0.15) is 5.75 Å². The molecule has 13 heteroatoms. The number of rotatable bonds is 13. The highest BCUT2D eigenvalue weighted by molar-refractivity contribution is 7.90. The summed E-state index contributed by atoms with van der Waals surface area (Å²) in [7, 11) is -3.62. The number of nitrogens with one attached hydrogen (secondary N) is 1. The molecule has 0 heterocycles. The van der Waals surface area contributed by atoms with Gasteiger partial charge in [0.15, 0.2) is 0 Å². The number of nitrogens with zero attached hydrogens (tertiary/aromatic N) is 1. The zero-order valence-electron chi connectivity index (χ0n) is 22.1. The summed E-state index contributed by atoms with van der Waals surface area (Å²) in [5.41, 5.74) is 1.80. The quantitative estimate of drug-likeness (QED) is 0.223. The van der Waals surface area contributed by atoms with E-state index in [1.54, 1.807) is 36.4 Å². The van der Waals surface area contributed by atoms with Crippen molar-refractivity contribution in [1.29, 1.82) is 0 Å². The van der Waals surface area contributed by atoms with Crippen LogP contribution in [0.2, 0.25) is 0 Å². The van der Waals surface area contributed by atoms with E-state index in [9.17, 15) is 40.0 Å². The van der Waals surface area contributed by atoms with E-state index in [4.69, 9.17) is 0 Å². The molecule has 2 aromatic carbocycles. The summed E-state index contributed by atoms with van der Waals surface area (Å²) < 4.78 is 94.4. The van der Waals surface area contributed by atoms with E-state index in [0.29, 0.717) is 48.9 Å². The van der Waals surface area contributed by atoms with E-state index in [1.807, 2.05) is 0 Å². The first kappa shape index (κ1) is 30.7. The lowest BCUT2D eigenvalue weighted by Crippen LogP contribution is -2.46. The fourth-order valence-electron chi connectivity index (χ4n) is 4.76. The largest absolute Gasteiger partial charge is 0.435 e. The zero-order valence-corrected chi connectivity index (χ0v) is 22.9. The van der Waals surface area contributed by atoms with Crippen LogP contribution in [0.4, 0.5) is 27.6 Å². The SMILES string of the molecule is O=C(CCCCCN(c1cccc(-c2ccc(OC(F)F)cc2)c1)C(=O)[C@H]1C[C@H](C(F)(F)F)C1)NS(=O)(=O)C1CC1. The maximum Gasteiger partial charge on any atom is 0.391 e. The van der Waals surface area contributed by atoms with Gasteiger partial charge in [-0.25, -0.2) is 8.42 Å². The van der Waals surface area contributed by atoms with Crippen molar-refractivity contribution in [2.24, 2.45) is 11.8 Å². The van der Waals surface area contributed by atoms with Crippen molar-refractivity contribution in [1.82, 2.24) is 4.72 Å². The highest BCUT2D eigenvalue weighted by Crippen LogP contribution is 2.46. The average molecular weight is 603 g/mol. The second-order valence-corrected chi connectivity index (χ2v) is 12.4. The fraction of sp³-hybridized carbons (Fsp3) is 0.500. The summed E-state index contributed by atoms with van der Waals surface area (Å²) in [4.78, 5) is 26.8. The summed E-state index contributed by atoms with van der Waals surface area (Å²) in [5.74, 6) is -3.30. The lowest BCUT2D eigenvalue weighted by Gasteiger charge is -2.38. The van der Waals surface area contributed by atoms with Gasteiger partial charge in [-0.1, -0.05) is 30.7 Å². The Morgan fingerprint density at radius 2 is 1.66 bits per heavy atom. The van der Waals surface area contributed by atoms with Crippen molar-refractivity contribution in [2.45, 2.75) is 69.4 Å². The van der Waals surface area contributed by atoms with Gasteiger partial charge in [0.2, 0.25) is 21.8 Å². The Morgan fingerprint density at radius 3 is 2.27 bits per heavy atom.